The van der Waals surface area contributed by atoms with Crippen molar-refractivity contribution < 1.29 is 19.1 Å². The molecule has 3 aromatic rings. The summed E-state index contributed by atoms with van der Waals surface area (Å²) < 4.78 is 11.9. The average Bonchev–Trinajstić information content (AvgIpc) is 3.05. The molecule has 0 saturated carbocycles. The fourth-order valence-corrected chi connectivity index (χ4v) is 7.34. The molecule has 0 unspecified atom stereocenters. The van der Waals surface area contributed by atoms with Crippen LogP contribution in [0.15, 0.2) is 66.7 Å². The Morgan fingerprint density at radius 2 is 1.59 bits per heavy atom. The van der Waals surface area contributed by atoms with E-state index in [2.05, 4.69) is 40.5 Å². The van der Waals surface area contributed by atoms with E-state index in [4.69, 9.17) is 9.47 Å². The quantitative estimate of drug-likeness (QED) is 0.285. The Bertz CT molecular complexity index is 1450. The van der Waals surface area contributed by atoms with Crippen molar-refractivity contribution in [3.8, 4) is 11.5 Å². The summed E-state index contributed by atoms with van der Waals surface area (Å²) in [4.78, 5) is 32.2. The van der Waals surface area contributed by atoms with E-state index in [1.165, 1.54) is 18.4 Å². The smallest absolute Gasteiger partial charge is 0.254 e. The van der Waals surface area contributed by atoms with Crippen LogP contribution in [0.1, 0.15) is 77.7 Å². The van der Waals surface area contributed by atoms with Crippen LogP contribution in [0.25, 0.3) is 0 Å². The van der Waals surface area contributed by atoms with Gasteiger partial charge in [0, 0.05) is 18.7 Å². The number of nitrogens with one attached hydrogen (secondary N) is 1. The molecular weight excluding hydrogens is 550 g/mol. The van der Waals surface area contributed by atoms with Crippen LogP contribution in [0.4, 0.5) is 0 Å². The highest BCUT2D eigenvalue weighted by Crippen LogP contribution is 2.48. The van der Waals surface area contributed by atoms with E-state index in [1.807, 2.05) is 55.1 Å². The van der Waals surface area contributed by atoms with Gasteiger partial charge in [0.1, 0.15) is 0 Å². The summed E-state index contributed by atoms with van der Waals surface area (Å²) in [6, 6.07) is 22.1. The van der Waals surface area contributed by atoms with Crippen molar-refractivity contribution in [2.75, 3.05) is 45.9 Å². The summed E-state index contributed by atoms with van der Waals surface area (Å²) in [5, 5.41) is 3.26. The van der Waals surface area contributed by atoms with Crippen molar-refractivity contribution in [3.05, 3.63) is 94.5 Å². The number of fused-ring (bicyclic) bond motifs is 4. The van der Waals surface area contributed by atoms with Crippen LogP contribution in [0.2, 0.25) is 0 Å². The van der Waals surface area contributed by atoms with Crippen LogP contribution in [0.3, 0.4) is 0 Å². The SMILES string of the molecule is CCOc1cc2c(cc1OCC)[C@H]1[C@H](C(=O)NCCCN3CCC(Cc4ccccc4)CC3)c3ccccc3C(=O)N1CC2. The molecule has 0 bridgehead atoms. The van der Waals surface area contributed by atoms with E-state index in [-0.39, 0.29) is 17.9 Å². The van der Waals surface area contributed by atoms with Crippen LogP contribution in [0, 0.1) is 5.92 Å². The van der Waals surface area contributed by atoms with Crippen LogP contribution in [-0.4, -0.2) is 67.6 Å². The minimum Gasteiger partial charge on any atom is -0.490 e. The van der Waals surface area contributed by atoms with E-state index in [0.29, 0.717) is 49.8 Å². The number of nitrogens with zero attached hydrogens (tertiary/aromatic N) is 2. The van der Waals surface area contributed by atoms with Gasteiger partial charge in [0.15, 0.2) is 11.5 Å². The molecule has 0 aromatic heterocycles. The number of carbonyl (C=O) groups is 2. The van der Waals surface area contributed by atoms with Crippen LogP contribution in [-0.2, 0) is 17.6 Å². The molecule has 1 saturated heterocycles. The summed E-state index contributed by atoms with van der Waals surface area (Å²) in [6.45, 7) is 9.34. The van der Waals surface area contributed by atoms with Gasteiger partial charge in [-0.2, -0.15) is 0 Å². The summed E-state index contributed by atoms with van der Waals surface area (Å²) in [6.07, 6.45) is 5.22. The van der Waals surface area contributed by atoms with Crippen molar-refractivity contribution in [1.82, 2.24) is 15.1 Å². The Hall–Kier alpha value is -3.84. The second-order valence-electron chi connectivity index (χ2n) is 12.2. The van der Waals surface area contributed by atoms with Crippen LogP contribution in [0.5, 0.6) is 11.5 Å². The predicted molar refractivity (Wildman–Crippen MR) is 172 cm³/mol. The number of hydrogen-bond acceptors (Lipinski definition) is 5. The molecule has 2 amide bonds. The third-order valence-corrected chi connectivity index (χ3v) is 9.49. The van der Waals surface area contributed by atoms with Gasteiger partial charge in [-0.3, -0.25) is 9.59 Å². The lowest BCUT2D eigenvalue weighted by atomic mass is 9.75. The molecule has 3 heterocycles. The van der Waals surface area contributed by atoms with Crippen LogP contribution >= 0.6 is 0 Å². The Kier molecular flexibility index (Phi) is 9.51. The third-order valence-electron chi connectivity index (χ3n) is 9.49. The molecule has 0 radical (unpaired) electrons. The highest BCUT2D eigenvalue weighted by Gasteiger charge is 2.46. The van der Waals surface area contributed by atoms with E-state index in [9.17, 15) is 9.59 Å². The van der Waals surface area contributed by atoms with Crippen molar-refractivity contribution in [2.45, 2.75) is 57.9 Å². The normalized spacial score (nSPS) is 20.0. The second kappa shape index (κ2) is 13.9. The number of carbonyl (C=O) groups excluding carboxylic acids is 2. The molecule has 0 spiro atoms. The molecule has 7 nitrogen and oxygen atoms in total. The van der Waals surface area contributed by atoms with Crippen molar-refractivity contribution in [1.29, 1.82) is 0 Å². The molecule has 44 heavy (non-hydrogen) atoms. The minimum atomic E-state index is -0.496. The molecule has 2 atom stereocenters. The number of ether oxygens (including phenoxy) is 2. The average molecular weight is 596 g/mol. The van der Waals surface area contributed by atoms with Gasteiger partial charge in [-0.1, -0.05) is 48.5 Å². The molecule has 7 heteroatoms. The lowest BCUT2D eigenvalue weighted by Gasteiger charge is -2.45. The topological polar surface area (TPSA) is 71.1 Å². The number of rotatable bonds is 11. The van der Waals surface area contributed by atoms with Gasteiger partial charge in [-0.15, -0.1) is 0 Å². The summed E-state index contributed by atoms with van der Waals surface area (Å²) in [7, 11) is 0. The number of piperidine rings is 1. The van der Waals surface area contributed by atoms with Crippen LogP contribution < -0.4 is 14.8 Å². The lowest BCUT2D eigenvalue weighted by Crippen LogP contribution is -2.50. The maximum absolute atomic E-state index is 14.1. The van der Waals surface area contributed by atoms with Gasteiger partial charge in [0.25, 0.3) is 5.91 Å². The molecule has 0 aliphatic carbocycles. The maximum atomic E-state index is 14.1. The molecule has 232 valence electrons. The van der Waals surface area contributed by atoms with E-state index >= 15 is 0 Å². The predicted octanol–water partition coefficient (Wildman–Crippen LogP) is 5.78. The van der Waals surface area contributed by atoms with Crippen molar-refractivity contribution in [2.24, 2.45) is 5.92 Å². The third kappa shape index (κ3) is 6.34. The van der Waals surface area contributed by atoms with E-state index < -0.39 is 5.92 Å². The van der Waals surface area contributed by atoms with E-state index in [1.54, 1.807) is 0 Å². The van der Waals surface area contributed by atoms with E-state index in [0.717, 1.165) is 55.1 Å². The Morgan fingerprint density at radius 1 is 0.886 bits per heavy atom. The van der Waals surface area contributed by atoms with Gasteiger partial charge in [0.05, 0.1) is 25.2 Å². The fourth-order valence-electron chi connectivity index (χ4n) is 7.34. The molecule has 1 fully saturated rings. The number of hydrogen-bond donors (Lipinski definition) is 1. The van der Waals surface area contributed by atoms with Gasteiger partial charge >= 0.3 is 0 Å². The summed E-state index contributed by atoms with van der Waals surface area (Å²) >= 11 is 0. The number of likely N-dealkylation sites (tertiary alicyclic amines) is 1. The monoisotopic (exact) mass is 595 g/mol. The standard InChI is InChI=1S/C37H45N3O4/c1-3-43-32-24-28-17-22-40-35(31(28)25-33(32)44-4-2)34(29-13-8-9-14-30(29)37(40)42)36(41)38-18-10-19-39-20-15-27(16-21-39)23-26-11-6-5-7-12-26/h5-9,11-14,24-25,27,34-35H,3-4,10,15-23H2,1-2H3,(H,38,41)/t34-,35+/m1/s1. The molecule has 3 aliphatic heterocycles. The molecule has 3 aliphatic rings. The first-order valence-corrected chi connectivity index (χ1v) is 16.4. The van der Waals surface area contributed by atoms with Gasteiger partial charge in [0.2, 0.25) is 5.91 Å². The van der Waals surface area contributed by atoms with Gasteiger partial charge in [-0.25, -0.2) is 0 Å². The largest absolute Gasteiger partial charge is 0.490 e. The number of benzene rings is 3. The minimum absolute atomic E-state index is 0.0113. The van der Waals surface area contributed by atoms with Gasteiger partial charge in [-0.05, 0) is 112 Å². The first kappa shape index (κ1) is 30.2. The zero-order valence-corrected chi connectivity index (χ0v) is 26.1. The summed E-state index contributed by atoms with van der Waals surface area (Å²) in [5.74, 6) is 1.59. The highest BCUT2D eigenvalue weighted by atomic mass is 16.5. The summed E-state index contributed by atoms with van der Waals surface area (Å²) in [5.41, 5.74) is 4.95. The molecule has 3 aromatic carbocycles. The Morgan fingerprint density at radius 3 is 2.34 bits per heavy atom. The Balaban J connectivity index is 1.13. The number of amides is 2. The second-order valence-corrected chi connectivity index (χ2v) is 12.2. The highest BCUT2D eigenvalue weighted by molar-refractivity contribution is 6.01. The van der Waals surface area contributed by atoms with Crippen molar-refractivity contribution >= 4 is 11.8 Å². The first-order chi connectivity index (χ1) is 21.6. The fraction of sp³-hybridized carbons (Fsp3) is 0.459. The Labute approximate surface area is 261 Å². The zero-order chi connectivity index (χ0) is 30.5. The van der Waals surface area contributed by atoms with Crippen molar-refractivity contribution in [3.63, 3.8) is 0 Å². The molecule has 1 N–H and O–H groups in total. The zero-order valence-electron chi connectivity index (χ0n) is 26.1. The molecular formula is C37H45N3O4. The maximum Gasteiger partial charge on any atom is 0.254 e. The first-order valence-electron chi connectivity index (χ1n) is 16.4. The van der Waals surface area contributed by atoms with Gasteiger partial charge < -0.3 is 24.6 Å². The lowest BCUT2D eigenvalue weighted by molar-refractivity contribution is -0.124. The molecule has 6 rings (SSSR count).